The third-order valence-corrected chi connectivity index (χ3v) is 15.6. The zero-order valence-corrected chi connectivity index (χ0v) is 23.0. The highest BCUT2D eigenvalue weighted by molar-refractivity contribution is 8.02. The van der Waals surface area contributed by atoms with Crippen LogP contribution in [0.15, 0.2) is 0 Å². The predicted octanol–water partition coefficient (Wildman–Crippen LogP) is 9.52. The Bertz CT molecular complexity index is 726. The zero-order valence-electron chi connectivity index (χ0n) is 22.2. The molecule has 1 heterocycles. The molecule has 178 valence electrons. The lowest BCUT2D eigenvalue weighted by Crippen LogP contribution is -2.66. The second-order valence-corrected chi connectivity index (χ2v) is 16.7. The Hall–Kier alpha value is 0.350. The number of hydrogen-bond acceptors (Lipinski definition) is 1. The van der Waals surface area contributed by atoms with E-state index in [0.717, 1.165) is 23.7 Å². The lowest BCUT2D eigenvalue weighted by Gasteiger charge is -2.72. The lowest BCUT2D eigenvalue weighted by molar-refractivity contribution is -0.209. The lowest BCUT2D eigenvalue weighted by atomic mass is 9.34. The van der Waals surface area contributed by atoms with Gasteiger partial charge in [0.05, 0.1) is 0 Å². The predicted molar refractivity (Wildman–Crippen MR) is 138 cm³/mol. The van der Waals surface area contributed by atoms with Crippen LogP contribution in [0.4, 0.5) is 0 Å². The minimum atomic E-state index is 0.522. The number of fused-ring (bicyclic) bond motifs is 6. The average Bonchev–Trinajstić information content (AvgIpc) is 3.05. The molecule has 0 aromatic rings. The van der Waals surface area contributed by atoms with Crippen LogP contribution in [0.3, 0.4) is 0 Å². The topological polar surface area (TPSA) is 0 Å². The summed E-state index contributed by atoms with van der Waals surface area (Å²) in [6.45, 7) is 21.3. The first-order valence-corrected chi connectivity index (χ1v) is 14.9. The Morgan fingerprint density at radius 2 is 1.35 bits per heavy atom. The minimum absolute atomic E-state index is 0.522. The normalized spacial score (nSPS) is 58.5. The molecule has 5 fully saturated rings. The van der Waals surface area contributed by atoms with Crippen LogP contribution in [0.1, 0.15) is 132 Å². The van der Waals surface area contributed by atoms with Gasteiger partial charge >= 0.3 is 0 Å². The third kappa shape index (κ3) is 2.86. The smallest absolute Gasteiger partial charge is 0.0248 e. The summed E-state index contributed by atoms with van der Waals surface area (Å²) >= 11 is 2.49. The summed E-state index contributed by atoms with van der Waals surface area (Å²) in [6, 6.07) is 0. The molecule has 31 heavy (non-hydrogen) atoms. The molecular formula is C30H52S. The standard InChI is InChI=1S/C30H52S/c1-9-26(5)19-20-30(31-26)21(2)11-12-24-28(7)17-13-22-25(3,4)15-10-16-27(22,6)23(28)14-18-29(24,30)8/h21-24H,9-20H2,1-8H3. The van der Waals surface area contributed by atoms with E-state index in [0.29, 0.717) is 31.2 Å². The van der Waals surface area contributed by atoms with E-state index in [4.69, 9.17) is 0 Å². The van der Waals surface area contributed by atoms with Crippen molar-refractivity contribution in [3.63, 3.8) is 0 Å². The molecule has 4 saturated carbocycles. The number of rotatable bonds is 1. The van der Waals surface area contributed by atoms with Crippen molar-refractivity contribution in [3.8, 4) is 0 Å². The first-order valence-electron chi connectivity index (χ1n) is 14.1. The fourth-order valence-corrected chi connectivity index (χ4v) is 13.7. The van der Waals surface area contributed by atoms with Crippen LogP contribution in [0, 0.1) is 45.3 Å². The van der Waals surface area contributed by atoms with Crippen LogP contribution >= 0.6 is 11.8 Å². The quantitative estimate of drug-likeness (QED) is 0.388. The van der Waals surface area contributed by atoms with Crippen LogP contribution in [0.5, 0.6) is 0 Å². The summed E-state index contributed by atoms with van der Waals surface area (Å²) in [5, 5.41) is 0. The van der Waals surface area contributed by atoms with Crippen molar-refractivity contribution < 1.29 is 0 Å². The summed E-state index contributed by atoms with van der Waals surface area (Å²) in [5.74, 6) is 3.76. The Labute approximate surface area is 198 Å². The van der Waals surface area contributed by atoms with E-state index >= 15 is 0 Å². The molecule has 0 aromatic heterocycles. The second-order valence-electron chi connectivity index (χ2n) is 14.8. The molecule has 1 aliphatic heterocycles. The van der Waals surface area contributed by atoms with Gasteiger partial charge in [-0.15, -0.1) is 11.8 Å². The van der Waals surface area contributed by atoms with Gasteiger partial charge in [-0.3, -0.25) is 0 Å². The molecule has 0 amide bonds. The summed E-state index contributed by atoms with van der Waals surface area (Å²) in [7, 11) is 0. The largest absolute Gasteiger partial charge is 0.148 e. The van der Waals surface area contributed by atoms with E-state index in [1.165, 1.54) is 77.0 Å². The molecule has 0 bridgehead atoms. The van der Waals surface area contributed by atoms with E-state index in [-0.39, 0.29) is 0 Å². The van der Waals surface area contributed by atoms with Gasteiger partial charge in [0.2, 0.25) is 0 Å². The molecule has 5 rings (SSSR count). The van der Waals surface area contributed by atoms with Gasteiger partial charge in [-0.05, 0) is 116 Å². The first-order chi connectivity index (χ1) is 14.4. The minimum Gasteiger partial charge on any atom is -0.148 e. The summed E-state index contributed by atoms with van der Waals surface area (Å²) in [4.78, 5) is 0. The van der Waals surface area contributed by atoms with E-state index in [9.17, 15) is 0 Å². The molecule has 5 aliphatic rings. The molecule has 0 N–H and O–H groups in total. The first kappa shape index (κ1) is 23.1. The Morgan fingerprint density at radius 1 is 0.677 bits per heavy atom. The van der Waals surface area contributed by atoms with Gasteiger partial charge in [0.1, 0.15) is 0 Å². The van der Waals surface area contributed by atoms with Crippen LogP contribution in [0.25, 0.3) is 0 Å². The van der Waals surface area contributed by atoms with Crippen LogP contribution < -0.4 is 0 Å². The monoisotopic (exact) mass is 444 g/mol. The maximum absolute atomic E-state index is 2.81. The van der Waals surface area contributed by atoms with Crippen molar-refractivity contribution in [2.24, 2.45) is 45.3 Å². The molecule has 1 spiro atoms. The molecule has 0 aromatic carbocycles. The Balaban J connectivity index is 1.54. The summed E-state index contributed by atoms with van der Waals surface area (Å²) in [6.07, 6.45) is 17.8. The van der Waals surface area contributed by atoms with Crippen molar-refractivity contribution in [2.45, 2.75) is 142 Å². The zero-order chi connectivity index (χ0) is 22.5. The molecule has 0 radical (unpaired) electrons. The maximum Gasteiger partial charge on any atom is 0.0248 e. The van der Waals surface area contributed by atoms with Crippen LogP contribution in [-0.4, -0.2) is 9.49 Å². The third-order valence-electron chi connectivity index (χ3n) is 13.2. The fourth-order valence-electron chi connectivity index (χ4n) is 11.5. The summed E-state index contributed by atoms with van der Waals surface area (Å²) < 4.78 is 1.06. The van der Waals surface area contributed by atoms with Gasteiger partial charge in [-0.1, -0.05) is 61.8 Å². The van der Waals surface area contributed by atoms with Gasteiger partial charge in [0, 0.05) is 9.49 Å². The maximum atomic E-state index is 2.81. The highest BCUT2D eigenvalue weighted by Gasteiger charge is 2.70. The summed E-state index contributed by atoms with van der Waals surface area (Å²) in [5.41, 5.74) is 2.26. The molecule has 9 unspecified atom stereocenters. The highest BCUT2D eigenvalue weighted by atomic mass is 32.2. The highest BCUT2D eigenvalue weighted by Crippen LogP contribution is 2.78. The van der Waals surface area contributed by atoms with Crippen molar-refractivity contribution in [1.82, 2.24) is 0 Å². The van der Waals surface area contributed by atoms with Gasteiger partial charge in [0.15, 0.2) is 0 Å². The van der Waals surface area contributed by atoms with Gasteiger partial charge in [-0.2, -0.15) is 0 Å². The van der Waals surface area contributed by atoms with Crippen molar-refractivity contribution in [1.29, 1.82) is 0 Å². The fraction of sp³-hybridized carbons (Fsp3) is 1.00. The van der Waals surface area contributed by atoms with Gasteiger partial charge in [0.25, 0.3) is 0 Å². The molecular weight excluding hydrogens is 392 g/mol. The van der Waals surface area contributed by atoms with Crippen molar-refractivity contribution in [2.75, 3.05) is 0 Å². The number of hydrogen-bond donors (Lipinski definition) is 0. The molecule has 0 nitrogen and oxygen atoms in total. The Morgan fingerprint density at radius 3 is 2.03 bits per heavy atom. The van der Waals surface area contributed by atoms with Crippen molar-refractivity contribution in [3.05, 3.63) is 0 Å². The van der Waals surface area contributed by atoms with Crippen molar-refractivity contribution >= 4 is 11.8 Å². The molecule has 1 heteroatoms. The molecule has 4 aliphatic carbocycles. The Kier molecular flexibility index (Phi) is 5.18. The SMILES string of the molecule is CCC1(C)CCC2(S1)C(C)CCC1C3(C)CCC4C(C)(C)CCCC4(C)C3CCC12C. The van der Waals surface area contributed by atoms with Crippen LogP contribution in [0.2, 0.25) is 0 Å². The van der Waals surface area contributed by atoms with E-state index in [1.807, 2.05) is 0 Å². The average molecular weight is 445 g/mol. The van der Waals surface area contributed by atoms with E-state index < -0.39 is 0 Å². The molecule has 9 atom stereocenters. The molecule has 1 saturated heterocycles. The van der Waals surface area contributed by atoms with E-state index in [1.54, 1.807) is 0 Å². The second kappa shape index (κ2) is 6.95. The van der Waals surface area contributed by atoms with Gasteiger partial charge < -0.3 is 0 Å². The van der Waals surface area contributed by atoms with Gasteiger partial charge in [-0.25, -0.2) is 0 Å². The number of thioether (sulfide) groups is 1. The van der Waals surface area contributed by atoms with Crippen LogP contribution in [-0.2, 0) is 0 Å². The van der Waals surface area contributed by atoms with E-state index in [2.05, 4.69) is 67.2 Å².